The van der Waals surface area contributed by atoms with E-state index in [0.29, 0.717) is 5.96 Å². The van der Waals surface area contributed by atoms with Gasteiger partial charge in [-0.3, -0.25) is 5.43 Å². The Labute approximate surface area is 89.3 Å². The molecule has 3 N–H and O–H groups in total. The maximum atomic E-state index is 5.81. The molecule has 0 radical (unpaired) electrons. The van der Waals surface area contributed by atoms with Gasteiger partial charge in [0, 0.05) is 24.4 Å². The Morgan fingerprint density at radius 2 is 2.36 bits per heavy atom. The van der Waals surface area contributed by atoms with Gasteiger partial charge in [-0.15, -0.1) is 0 Å². The summed E-state index contributed by atoms with van der Waals surface area (Å²) in [4.78, 5) is 4.31. The predicted molar refractivity (Wildman–Crippen MR) is 58.3 cm³/mol. The van der Waals surface area contributed by atoms with E-state index in [1.807, 2.05) is 20.8 Å². The van der Waals surface area contributed by atoms with Crippen LogP contribution in [0.5, 0.6) is 0 Å². The number of hydrazine groups is 1. The highest BCUT2D eigenvalue weighted by Crippen LogP contribution is 2.00. The van der Waals surface area contributed by atoms with Gasteiger partial charge in [0.15, 0.2) is 0 Å². The third-order valence-electron chi connectivity index (χ3n) is 1.46. The number of nitrogens with zero attached hydrogens (tertiary/aromatic N) is 2. The lowest BCUT2D eigenvalue weighted by molar-refractivity contribution is 0.497. The quantitative estimate of drug-likeness (QED) is 0.610. The van der Waals surface area contributed by atoms with Crippen LogP contribution in [0, 0.1) is 0 Å². The lowest BCUT2D eigenvalue weighted by Gasteiger charge is -2.25. The first-order valence-electron chi connectivity index (χ1n) is 4.64. The zero-order chi connectivity index (χ0) is 10.6. The molecule has 14 heavy (non-hydrogen) atoms. The molecule has 0 saturated heterocycles. The molecule has 0 atom stereocenters. The van der Waals surface area contributed by atoms with Crippen molar-refractivity contribution in [2.24, 2.45) is 4.99 Å². The normalized spacial score (nSPS) is 19.1. The molecule has 0 aromatic carbocycles. The highest BCUT2D eigenvalue weighted by molar-refractivity contribution is 6.14. The van der Waals surface area contributed by atoms with E-state index in [4.69, 9.17) is 11.8 Å². The van der Waals surface area contributed by atoms with E-state index in [0.717, 1.165) is 12.4 Å². The monoisotopic (exact) mass is 217 g/mol. The third-order valence-corrected chi connectivity index (χ3v) is 1.64. The van der Waals surface area contributed by atoms with E-state index in [2.05, 4.69) is 21.1 Å². The van der Waals surface area contributed by atoms with E-state index in [1.54, 1.807) is 6.20 Å². The maximum absolute atomic E-state index is 5.81. The summed E-state index contributed by atoms with van der Waals surface area (Å²) in [5.41, 5.74) is 2.86. The second-order valence-corrected chi connectivity index (χ2v) is 3.56. The lowest BCUT2D eigenvalue weighted by Crippen LogP contribution is -2.49. The van der Waals surface area contributed by atoms with Crippen molar-refractivity contribution in [2.75, 3.05) is 6.54 Å². The Morgan fingerprint density at radius 1 is 1.64 bits per heavy atom. The first-order valence-corrected chi connectivity index (χ1v) is 4.97. The standard InChI is InChI=1S/C8H16ClN5/c1-4-10-7-5-14(9)13-8(12-7)11-6(2)3/h5-6,10H,4H2,1-3H3,(H2,11,12,13). The molecule has 0 aromatic rings. The minimum absolute atomic E-state index is 0.219. The molecule has 0 saturated carbocycles. The second-order valence-electron chi connectivity index (χ2n) is 3.19. The molecule has 0 unspecified atom stereocenters. The summed E-state index contributed by atoms with van der Waals surface area (Å²) in [6, 6.07) is 0.219. The van der Waals surface area contributed by atoms with Crippen LogP contribution in [0.3, 0.4) is 0 Å². The van der Waals surface area contributed by atoms with Crippen LogP contribution in [0.25, 0.3) is 0 Å². The summed E-state index contributed by atoms with van der Waals surface area (Å²) in [6.07, 6.45) is 1.71. The van der Waals surface area contributed by atoms with Crippen molar-refractivity contribution in [1.82, 2.24) is 20.6 Å². The molecular weight excluding hydrogens is 202 g/mol. The number of guanidine groups is 1. The average molecular weight is 218 g/mol. The molecule has 0 amide bonds. The van der Waals surface area contributed by atoms with Crippen LogP contribution in [0.1, 0.15) is 20.8 Å². The van der Waals surface area contributed by atoms with Crippen LogP contribution >= 0.6 is 11.8 Å². The first-order chi connectivity index (χ1) is 6.61. The van der Waals surface area contributed by atoms with Crippen molar-refractivity contribution >= 4 is 17.7 Å². The molecule has 0 fully saturated rings. The first kappa shape index (κ1) is 11.0. The molecule has 0 aromatic heterocycles. The molecule has 1 aliphatic rings. The summed E-state index contributed by atoms with van der Waals surface area (Å²) >= 11 is 5.81. The van der Waals surface area contributed by atoms with Crippen molar-refractivity contribution in [3.8, 4) is 0 Å². The summed E-state index contributed by atoms with van der Waals surface area (Å²) in [5, 5.41) is 6.20. The van der Waals surface area contributed by atoms with E-state index >= 15 is 0 Å². The van der Waals surface area contributed by atoms with Gasteiger partial charge in [-0.05, 0) is 20.8 Å². The molecule has 0 bridgehead atoms. The summed E-state index contributed by atoms with van der Waals surface area (Å²) in [5.74, 6) is 1.48. The fourth-order valence-electron chi connectivity index (χ4n) is 1.03. The number of halogens is 1. The van der Waals surface area contributed by atoms with Crippen molar-refractivity contribution in [3.05, 3.63) is 12.0 Å². The highest BCUT2D eigenvalue weighted by atomic mass is 35.5. The van der Waals surface area contributed by atoms with Crippen molar-refractivity contribution in [2.45, 2.75) is 26.8 Å². The van der Waals surface area contributed by atoms with Crippen LogP contribution in [0.4, 0.5) is 0 Å². The van der Waals surface area contributed by atoms with Crippen molar-refractivity contribution < 1.29 is 0 Å². The zero-order valence-electron chi connectivity index (χ0n) is 8.63. The maximum Gasteiger partial charge on any atom is 0.217 e. The van der Waals surface area contributed by atoms with Gasteiger partial charge in [-0.2, -0.15) is 4.53 Å². The summed E-state index contributed by atoms with van der Waals surface area (Å²) in [7, 11) is 0. The average Bonchev–Trinajstić information content (AvgIpc) is 2.01. The molecular formula is C8H16ClN5. The second kappa shape index (κ2) is 4.95. The molecule has 0 aliphatic carbocycles. The van der Waals surface area contributed by atoms with Crippen LogP contribution in [-0.2, 0) is 0 Å². The highest BCUT2D eigenvalue weighted by Gasteiger charge is 2.11. The molecule has 1 aliphatic heterocycles. The van der Waals surface area contributed by atoms with Crippen LogP contribution in [0.2, 0.25) is 0 Å². The van der Waals surface area contributed by atoms with E-state index in [9.17, 15) is 0 Å². The zero-order valence-corrected chi connectivity index (χ0v) is 9.39. The van der Waals surface area contributed by atoms with E-state index in [-0.39, 0.29) is 6.04 Å². The van der Waals surface area contributed by atoms with Gasteiger partial charge in [0.1, 0.15) is 5.82 Å². The fourth-order valence-corrected chi connectivity index (χ4v) is 1.21. The van der Waals surface area contributed by atoms with Gasteiger partial charge < -0.3 is 10.6 Å². The van der Waals surface area contributed by atoms with E-state index < -0.39 is 0 Å². The van der Waals surface area contributed by atoms with Crippen molar-refractivity contribution in [1.29, 1.82) is 0 Å². The topological polar surface area (TPSA) is 51.7 Å². The van der Waals surface area contributed by atoms with Crippen LogP contribution in [0.15, 0.2) is 17.0 Å². The Balaban J connectivity index is 2.65. The van der Waals surface area contributed by atoms with Gasteiger partial charge in [0.2, 0.25) is 5.96 Å². The Morgan fingerprint density at radius 3 is 2.93 bits per heavy atom. The number of hydrogen-bond acceptors (Lipinski definition) is 3. The molecule has 80 valence electrons. The fraction of sp³-hybridized carbons (Fsp3) is 0.625. The SMILES string of the molecule is CCNC1=CN(Cl)NC(=NC(C)C)N1. The Hall–Kier alpha value is -1.10. The minimum Gasteiger partial charge on any atom is -0.371 e. The van der Waals surface area contributed by atoms with Crippen molar-refractivity contribution in [3.63, 3.8) is 0 Å². The van der Waals surface area contributed by atoms with Gasteiger partial charge >= 0.3 is 0 Å². The Bertz CT molecular complexity index is 248. The molecule has 5 nitrogen and oxygen atoms in total. The minimum atomic E-state index is 0.219. The molecule has 0 spiro atoms. The van der Waals surface area contributed by atoms with Gasteiger partial charge in [0.25, 0.3) is 0 Å². The third kappa shape index (κ3) is 3.33. The predicted octanol–water partition coefficient (Wildman–Crippen LogP) is 0.723. The number of aliphatic imine (C=N–C) groups is 1. The number of nitrogens with one attached hydrogen (secondary N) is 3. The van der Waals surface area contributed by atoms with Gasteiger partial charge in [0.05, 0.1) is 6.20 Å². The number of rotatable bonds is 3. The van der Waals surface area contributed by atoms with E-state index in [1.165, 1.54) is 4.53 Å². The summed E-state index contributed by atoms with van der Waals surface area (Å²) in [6.45, 7) is 6.85. The Kier molecular flexibility index (Phi) is 3.88. The number of hydrogen-bond donors (Lipinski definition) is 3. The van der Waals surface area contributed by atoms with Gasteiger partial charge in [-0.1, -0.05) is 0 Å². The molecule has 1 heterocycles. The van der Waals surface area contributed by atoms with Gasteiger partial charge in [-0.25, -0.2) is 4.99 Å². The lowest BCUT2D eigenvalue weighted by atomic mass is 10.4. The van der Waals surface area contributed by atoms with Crippen LogP contribution < -0.4 is 16.1 Å². The summed E-state index contributed by atoms with van der Waals surface area (Å²) < 4.78 is 1.34. The molecule has 1 rings (SSSR count). The van der Waals surface area contributed by atoms with Crippen LogP contribution in [-0.4, -0.2) is 23.1 Å². The molecule has 6 heteroatoms. The smallest absolute Gasteiger partial charge is 0.217 e. The largest absolute Gasteiger partial charge is 0.371 e.